The van der Waals surface area contributed by atoms with Gasteiger partial charge in [0.2, 0.25) is 5.91 Å². The molecule has 1 aliphatic heterocycles. The lowest BCUT2D eigenvalue weighted by atomic mass is 9.96. The second-order valence-electron chi connectivity index (χ2n) is 7.00. The highest BCUT2D eigenvalue weighted by molar-refractivity contribution is 7.17. The standard InChI is InChI=1S/C19H28N2O3S/c1-24-19(23)17-14-9-5-2-3-6-10-15(14)25-18(17)20-16(22)13-21-11-7-4-8-12-21/h2-13H2,1H3,(H,20,22). The maximum absolute atomic E-state index is 12.5. The molecule has 0 unspecified atom stereocenters. The molecule has 138 valence electrons. The number of ether oxygens (including phenoxy) is 1. The fourth-order valence-electron chi connectivity index (χ4n) is 3.81. The van der Waals surface area contributed by atoms with Crippen LogP contribution in [-0.2, 0) is 22.4 Å². The summed E-state index contributed by atoms with van der Waals surface area (Å²) in [5.41, 5.74) is 1.70. The highest BCUT2D eigenvalue weighted by Gasteiger charge is 2.26. The first-order valence-corrected chi connectivity index (χ1v) is 10.3. The number of rotatable bonds is 4. The molecular weight excluding hydrogens is 336 g/mol. The molecule has 1 saturated heterocycles. The lowest BCUT2D eigenvalue weighted by Gasteiger charge is -2.25. The van der Waals surface area contributed by atoms with E-state index in [9.17, 15) is 9.59 Å². The number of hydrogen-bond acceptors (Lipinski definition) is 5. The first kappa shape index (κ1) is 18.4. The van der Waals surface area contributed by atoms with Crippen LogP contribution in [0.5, 0.6) is 0 Å². The Morgan fingerprint density at radius 1 is 1.04 bits per heavy atom. The van der Waals surface area contributed by atoms with Crippen LogP contribution in [0.1, 0.15) is 65.7 Å². The number of fused-ring (bicyclic) bond motifs is 1. The zero-order valence-corrected chi connectivity index (χ0v) is 15.9. The molecular formula is C19H28N2O3S. The van der Waals surface area contributed by atoms with Gasteiger partial charge in [0.15, 0.2) is 0 Å². The van der Waals surface area contributed by atoms with Gasteiger partial charge in [-0.3, -0.25) is 9.69 Å². The maximum atomic E-state index is 12.5. The monoisotopic (exact) mass is 364 g/mol. The van der Waals surface area contributed by atoms with E-state index in [1.807, 2.05) is 0 Å². The summed E-state index contributed by atoms with van der Waals surface area (Å²) in [6.07, 6.45) is 10.1. The molecule has 0 spiro atoms. The summed E-state index contributed by atoms with van der Waals surface area (Å²) >= 11 is 1.57. The average Bonchev–Trinajstić information content (AvgIpc) is 2.91. The average molecular weight is 365 g/mol. The van der Waals surface area contributed by atoms with Crippen LogP contribution in [-0.4, -0.2) is 43.5 Å². The van der Waals surface area contributed by atoms with Crippen LogP contribution in [0.25, 0.3) is 0 Å². The number of aryl methyl sites for hydroxylation is 1. The zero-order valence-electron chi connectivity index (χ0n) is 15.1. The van der Waals surface area contributed by atoms with Crippen LogP contribution in [0.2, 0.25) is 0 Å². The normalized spacial score (nSPS) is 18.8. The minimum absolute atomic E-state index is 0.0266. The number of anilines is 1. The Kier molecular flexibility index (Phi) is 6.48. The Bertz CT molecular complexity index is 620. The molecule has 5 nitrogen and oxygen atoms in total. The molecule has 0 saturated carbocycles. The molecule has 1 fully saturated rings. The summed E-state index contributed by atoms with van der Waals surface area (Å²) in [4.78, 5) is 28.3. The molecule has 2 heterocycles. The molecule has 25 heavy (non-hydrogen) atoms. The van der Waals surface area contributed by atoms with E-state index in [1.54, 1.807) is 11.3 Å². The molecule has 0 aromatic carbocycles. The van der Waals surface area contributed by atoms with Crippen molar-refractivity contribution in [2.75, 3.05) is 32.1 Å². The Labute approximate surface area is 153 Å². The van der Waals surface area contributed by atoms with Crippen molar-refractivity contribution in [2.24, 2.45) is 0 Å². The molecule has 0 atom stereocenters. The Morgan fingerprint density at radius 3 is 2.44 bits per heavy atom. The highest BCUT2D eigenvalue weighted by Crippen LogP contribution is 2.37. The number of nitrogens with zero attached hydrogens (tertiary/aromatic N) is 1. The number of amides is 1. The minimum atomic E-state index is -0.327. The van der Waals surface area contributed by atoms with Crippen molar-refractivity contribution in [1.29, 1.82) is 0 Å². The van der Waals surface area contributed by atoms with Crippen molar-refractivity contribution < 1.29 is 14.3 Å². The molecule has 1 aromatic heterocycles. The van der Waals surface area contributed by atoms with Gasteiger partial charge in [0, 0.05) is 4.88 Å². The number of carbonyl (C=O) groups is 2. The molecule has 1 amide bonds. The van der Waals surface area contributed by atoms with Crippen molar-refractivity contribution in [3.05, 3.63) is 16.0 Å². The third-order valence-corrected chi connectivity index (χ3v) is 6.34. The largest absolute Gasteiger partial charge is 0.465 e. The first-order chi connectivity index (χ1) is 12.2. The summed E-state index contributed by atoms with van der Waals surface area (Å²) in [6.45, 7) is 2.37. The number of methoxy groups -OCH3 is 1. The second kappa shape index (κ2) is 8.81. The van der Waals surface area contributed by atoms with E-state index in [2.05, 4.69) is 10.2 Å². The lowest BCUT2D eigenvalue weighted by Crippen LogP contribution is -2.36. The number of nitrogens with one attached hydrogen (secondary N) is 1. The van der Waals surface area contributed by atoms with Gasteiger partial charge in [0.1, 0.15) is 5.00 Å². The van der Waals surface area contributed by atoms with E-state index < -0.39 is 0 Å². The predicted octanol–water partition coefficient (Wildman–Crippen LogP) is 3.62. The third-order valence-electron chi connectivity index (χ3n) is 5.13. The van der Waals surface area contributed by atoms with Gasteiger partial charge in [-0.1, -0.05) is 19.3 Å². The van der Waals surface area contributed by atoms with Crippen LogP contribution in [0.15, 0.2) is 0 Å². The molecule has 0 radical (unpaired) electrons. The Hall–Kier alpha value is -1.40. The third kappa shape index (κ3) is 4.61. The summed E-state index contributed by atoms with van der Waals surface area (Å²) in [5.74, 6) is -0.354. The van der Waals surface area contributed by atoms with Crippen LogP contribution in [0.4, 0.5) is 5.00 Å². The number of thiophene rings is 1. The molecule has 3 rings (SSSR count). The second-order valence-corrected chi connectivity index (χ2v) is 8.10. The number of esters is 1. The van der Waals surface area contributed by atoms with Gasteiger partial charge in [-0.05, 0) is 57.2 Å². The van der Waals surface area contributed by atoms with Gasteiger partial charge in [-0.2, -0.15) is 0 Å². The summed E-state index contributed by atoms with van der Waals surface area (Å²) in [5, 5.41) is 3.69. The molecule has 0 bridgehead atoms. The quantitative estimate of drug-likeness (QED) is 0.829. The fraction of sp³-hybridized carbons (Fsp3) is 0.684. The van der Waals surface area contributed by atoms with Gasteiger partial charge in [-0.25, -0.2) is 4.79 Å². The van der Waals surface area contributed by atoms with Gasteiger partial charge < -0.3 is 10.1 Å². The van der Waals surface area contributed by atoms with E-state index in [1.165, 1.54) is 31.2 Å². The zero-order chi connectivity index (χ0) is 17.6. The van der Waals surface area contributed by atoms with Gasteiger partial charge in [-0.15, -0.1) is 11.3 Å². The van der Waals surface area contributed by atoms with Crippen molar-refractivity contribution in [1.82, 2.24) is 4.90 Å². The predicted molar refractivity (Wildman–Crippen MR) is 100 cm³/mol. The van der Waals surface area contributed by atoms with E-state index in [-0.39, 0.29) is 11.9 Å². The van der Waals surface area contributed by atoms with E-state index in [0.717, 1.165) is 57.2 Å². The number of hydrogen-bond donors (Lipinski definition) is 1. The SMILES string of the molecule is COC(=O)c1c(NC(=O)CN2CCCCC2)sc2c1CCCCCC2. The van der Waals surface area contributed by atoms with Crippen LogP contribution < -0.4 is 5.32 Å². The maximum Gasteiger partial charge on any atom is 0.341 e. The Morgan fingerprint density at radius 2 is 1.72 bits per heavy atom. The molecule has 2 aliphatic rings. The highest BCUT2D eigenvalue weighted by atomic mass is 32.1. The molecule has 1 aromatic rings. The number of carbonyl (C=O) groups excluding carboxylic acids is 2. The Balaban J connectivity index is 1.77. The molecule has 1 N–H and O–H groups in total. The van der Waals surface area contributed by atoms with Gasteiger partial charge in [0.25, 0.3) is 0 Å². The number of likely N-dealkylation sites (tertiary alicyclic amines) is 1. The van der Waals surface area contributed by atoms with Crippen molar-refractivity contribution in [3.63, 3.8) is 0 Å². The summed E-state index contributed by atoms with van der Waals surface area (Å²) in [6, 6.07) is 0. The van der Waals surface area contributed by atoms with Crippen molar-refractivity contribution >= 4 is 28.2 Å². The first-order valence-electron chi connectivity index (χ1n) is 9.44. The molecule has 6 heteroatoms. The smallest absolute Gasteiger partial charge is 0.341 e. The van der Waals surface area contributed by atoms with E-state index in [4.69, 9.17) is 4.74 Å². The van der Waals surface area contributed by atoms with E-state index in [0.29, 0.717) is 17.1 Å². The van der Waals surface area contributed by atoms with E-state index >= 15 is 0 Å². The van der Waals surface area contributed by atoms with Crippen LogP contribution in [0, 0.1) is 0 Å². The number of piperidine rings is 1. The fourth-order valence-corrected chi connectivity index (χ4v) is 5.11. The minimum Gasteiger partial charge on any atom is -0.465 e. The van der Waals surface area contributed by atoms with Gasteiger partial charge >= 0.3 is 5.97 Å². The van der Waals surface area contributed by atoms with Crippen molar-refractivity contribution in [3.8, 4) is 0 Å². The molecule has 1 aliphatic carbocycles. The van der Waals surface area contributed by atoms with Crippen LogP contribution in [0.3, 0.4) is 0 Å². The van der Waals surface area contributed by atoms with Crippen molar-refractivity contribution in [2.45, 2.75) is 57.8 Å². The lowest BCUT2D eigenvalue weighted by molar-refractivity contribution is -0.117. The summed E-state index contributed by atoms with van der Waals surface area (Å²) < 4.78 is 5.01. The van der Waals surface area contributed by atoms with Gasteiger partial charge in [0.05, 0.1) is 19.2 Å². The van der Waals surface area contributed by atoms with Crippen LogP contribution >= 0.6 is 11.3 Å². The topological polar surface area (TPSA) is 58.6 Å². The summed E-state index contributed by atoms with van der Waals surface area (Å²) in [7, 11) is 1.41.